The van der Waals surface area contributed by atoms with E-state index >= 15 is 0 Å². The topological polar surface area (TPSA) is 34.1 Å². The van der Waals surface area contributed by atoms with Gasteiger partial charge in [0.1, 0.15) is 11.9 Å². The van der Waals surface area contributed by atoms with E-state index in [4.69, 9.17) is 4.74 Å². The van der Waals surface area contributed by atoms with Crippen LogP contribution in [0.5, 0.6) is 5.75 Å². The van der Waals surface area contributed by atoms with Gasteiger partial charge in [0.2, 0.25) is 0 Å². The first-order valence-corrected chi connectivity index (χ1v) is 6.37. The number of aromatic nitrogens is 1. The van der Waals surface area contributed by atoms with E-state index in [1.54, 1.807) is 11.3 Å². The maximum absolute atomic E-state index is 5.89. The van der Waals surface area contributed by atoms with Gasteiger partial charge in [-0.2, -0.15) is 0 Å². The minimum Gasteiger partial charge on any atom is -0.489 e. The molecule has 1 aliphatic rings. The molecule has 0 radical (unpaired) electrons. The number of ether oxygens (including phenoxy) is 1. The summed E-state index contributed by atoms with van der Waals surface area (Å²) in [6, 6.07) is 6.17. The van der Waals surface area contributed by atoms with Crippen molar-refractivity contribution in [3.05, 3.63) is 23.2 Å². The number of fused-ring (bicyclic) bond motifs is 1. The molecule has 2 aromatic rings. The molecule has 1 N–H and O–H groups in total. The van der Waals surface area contributed by atoms with Crippen molar-refractivity contribution in [1.82, 2.24) is 10.3 Å². The van der Waals surface area contributed by atoms with Gasteiger partial charge in [-0.15, -0.1) is 11.3 Å². The number of hydrogen-bond donors (Lipinski definition) is 1. The Labute approximate surface area is 98.5 Å². The second-order valence-electron chi connectivity index (χ2n) is 4.10. The summed E-state index contributed by atoms with van der Waals surface area (Å²) in [7, 11) is 0. The Morgan fingerprint density at radius 3 is 3.25 bits per heavy atom. The average molecular weight is 234 g/mol. The number of rotatable bonds is 2. The molecule has 1 unspecified atom stereocenters. The number of aryl methyl sites for hydroxylation is 1. The molecule has 84 valence electrons. The van der Waals surface area contributed by atoms with Crippen molar-refractivity contribution in [2.45, 2.75) is 19.4 Å². The lowest BCUT2D eigenvalue weighted by Gasteiger charge is -2.11. The summed E-state index contributed by atoms with van der Waals surface area (Å²) in [6.45, 7) is 4.04. The molecule has 16 heavy (non-hydrogen) atoms. The molecular weight excluding hydrogens is 220 g/mol. The SMILES string of the molecule is Cc1nc2cc(OC3CCNC3)ccc2s1. The second kappa shape index (κ2) is 4.03. The van der Waals surface area contributed by atoms with Crippen LogP contribution in [0.1, 0.15) is 11.4 Å². The van der Waals surface area contributed by atoms with Gasteiger partial charge < -0.3 is 10.1 Å². The van der Waals surface area contributed by atoms with Gasteiger partial charge in [-0.05, 0) is 32.0 Å². The second-order valence-corrected chi connectivity index (χ2v) is 5.33. The molecule has 4 heteroatoms. The van der Waals surface area contributed by atoms with Crippen molar-refractivity contribution < 1.29 is 4.74 Å². The maximum atomic E-state index is 5.89. The first kappa shape index (κ1) is 10.1. The monoisotopic (exact) mass is 234 g/mol. The summed E-state index contributed by atoms with van der Waals surface area (Å²) in [6.07, 6.45) is 1.41. The predicted octanol–water partition coefficient (Wildman–Crippen LogP) is 2.35. The largest absolute Gasteiger partial charge is 0.489 e. The van der Waals surface area contributed by atoms with Gasteiger partial charge in [-0.25, -0.2) is 4.98 Å². The minimum atomic E-state index is 0.317. The molecule has 0 spiro atoms. The summed E-state index contributed by atoms with van der Waals surface area (Å²) < 4.78 is 7.13. The van der Waals surface area contributed by atoms with E-state index in [0.717, 1.165) is 35.8 Å². The van der Waals surface area contributed by atoms with Gasteiger partial charge in [0.15, 0.2) is 0 Å². The number of nitrogens with one attached hydrogen (secondary N) is 1. The van der Waals surface area contributed by atoms with E-state index in [-0.39, 0.29) is 0 Å². The highest BCUT2D eigenvalue weighted by Crippen LogP contribution is 2.26. The number of thiazole rings is 1. The minimum absolute atomic E-state index is 0.317. The molecule has 1 fully saturated rings. The zero-order valence-electron chi connectivity index (χ0n) is 9.19. The van der Waals surface area contributed by atoms with Gasteiger partial charge >= 0.3 is 0 Å². The smallest absolute Gasteiger partial charge is 0.122 e. The van der Waals surface area contributed by atoms with Crippen molar-refractivity contribution >= 4 is 21.6 Å². The number of nitrogens with zero attached hydrogens (tertiary/aromatic N) is 1. The molecule has 1 aromatic heterocycles. The van der Waals surface area contributed by atoms with Crippen LogP contribution < -0.4 is 10.1 Å². The molecule has 1 aliphatic heterocycles. The van der Waals surface area contributed by atoms with Crippen LogP contribution in [0, 0.1) is 6.92 Å². The summed E-state index contributed by atoms with van der Waals surface area (Å²) >= 11 is 1.72. The Hall–Kier alpha value is -1.13. The predicted molar refractivity (Wildman–Crippen MR) is 66.3 cm³/mol. The highest BCUT2D eigenvalue weighted by molar-refractivity contribution is 7.18. The molecule has 1 aromatic carbocycles. The van der Waals surface area contributed by atoms with Crippen LogP contribution in [0.4, 0.5) is 0 Å². The van der Waals surface area contributed by atoms with Crippen molar-refractivity contribution in [2.24, 2.45) is 0 Å². The molecular formula is C12H14N2OS. The Bertz CT molecular complexity index is 503. The third-order valence-electron chi connectivity index (χ3n) is 2.78. The first-order valence-electron chi connectivity index (χ1n) is 5.56. The summed E-state index contributed by atoms with van der Waals surface area (Å²) in [4.78, 5) is 4.47. The van der Waals surface area contributed by atoms with Crippen LogP contribution in [0.25, 0.3) is 10.2 Å². The van der Waals surface area contributed by atoms with Crippen LogP contribution >= 0.6 is 11.3 Å². The van der Waals surface area contributed by atoms with E-state index in [1.807, 2.05) is 19.1 Å². The van der Waals surface area contributed by atoms with Crippen LogP contribution in [0.3, 0.4) is 0 Å². The van der Waals surface area contributed by atoms with Crippen LogP contribution in [-0.4, -0.2) is 24.2 Å². The number of hydrogen-bond acceptors (Lipinski definition) is 4. The quantitative estimate of drug-likeness (QED) is 0.866. The molecule has 1 saturated heterocycles. The third-order valence-corrected chi connectivity index (χ3v) is 3.74. The fourth-order valence-electron chi connectivity index (χ4n) is 2.02. The van der Waals surface area contributed by atoms with Crippen LogP contribution in [-0.2, 0) is 0 Å². The molecule has 2 heterocycles. The van der Waals surface area contributed by atoms with Gasteiger partial charge in [0.05, 0.1) is 15.2 Å². The van der Waals surface area contributed by atoms with Crippen molar-refractivity contribution in [3.8, 4) is 5.75 Å². The fraction of sp³-hybridized carbons (Fsp3) is 0.417. The highest BCUT2D eigenvalue weighted by atomic mass is 32.1. The van der Waals surface area contributed by atoms with E-state index in [2.05, 4.69) is 16.4 Å². The zero-order valence-corrected chi connectivity index (χ0v) is 10.0. The van der Waals surface area contributed by atoms with Gasteiger partial charge in [-0.3, -0.25) is 0 Å². The van der Waals surface area contributed by atoms with Crippen molar-refractivity contribution in [1.29, 1.82) is 0 Å². The molecule has 1 atom stereocenters. The number of benzene rings is 1. The zero-order chi connectivity index (χ0) is 11.0. The van der Waals surface area contributed by atoms with Crippen molar-refractivity contribution in [3.63, 3.8) is 0 Å². The lowest BCUT2D eigenvalue weighted by Crippen LogP contribution is -2.19. The lowest BCUT2D eigenvalue weighted by molar-refractivity contribution is 0.223. The van der Waals surface area contributed by atoms with Gasteiger partial charge in [-0.1, -0.05) is 0 Å². The van der Waals surface area contributed by atoms with E-state index in [9.17, 15) is 0 Å². The molecule has 0 bridgehead atoms. The summed E-state index contributed by atoms with van der Waals surface area (Å²) in [5.41, 5.74) is 1.05. The highest BCUT2D eigenvalue weighted by Gasteiger charge is 2.16. The van der Waals surface area contributed by atoms with Crippen LogP contribution in [0.15, 0.2) is 18.2 Å². The summed E-state index contributed by atoms with van der Waals surface area (Å²) in [5.74, 6) is 0.937. The molecule has 0 aliphatic carbocycles. The molecule has 0 saturated carbocycles. The van der Waals surface area contributed by atoms with Crippen LogP contribution in [0.2, 0.25) is 0 Å². The Kier molecular flexibility index (Phi) is 2.53. The summed E-state index contributed by atoms with van der Waals surface area (Å²) in [5, 5.41) is 4.40. The molecule has 3 nitrogen and oxygen atoms in total. The Morgan fingerprint density at radius 1 is 1.50 bits per heavy atom. The third kappa shape index (κ3) is 1.90. The maximum Gasteiger partial charge on any atom is 0.122 e. The van der Waals surface area contributed by atoms with Gasteiger partial charge in [0, 0.05) is 12.6 Å². The standard InChI is InChI=1S/C12H14N2OS/c1-8-14-11-6-9(2-3-12(11)16-8)15-10-4-5-13-7-10/h2-3,6,10,13H,4-5,7H2,1H3. The Balaban J connectivity index is 1.86. The van der Waals surface area contributed by atoms with E-state index in [0.29, 0.717) is 6.10 Å². The van der Waals surface area contributed by atoms with Crippen molar-refractivity contribution in [2.75, 3.05) is 13.1 Å². The van der Waals surface area contributed by atoms with E-state index < -0.39 is 0 Å². The molecule has 3 rings (SSSR count). The van der Waals surface area contributed by atoms with E-state index in [1.165, 1.54) is 4.70 Å². The lowest BCUT2D eigenvalue weighted by atomic mass is 10.3. The first-order chi connectivity index (χ1) is 7.81. The molecule has 0 amide bonds. The average Bonchev–Trinajstić information content (AvgIpc) is 2.85. The van der Waals surface area contributed by atoms with Gasteiger partial charge in [0.25, 0.3) is 0 Å². The normalized spacial score (nSPS) is 20.4. The Morgan fingerprint density at radius 2 is 2.44 bits per heavy atom. The fourth-order valence-corrected chi connectivity index (χ4v) is 2.82.